The Bertz CT molecular complexity index is 884. The van der Waals surface area contributed by atoms with E-state index < -0.39 is 0 Å². The lowest BCUT2D eigenvalue weighted by molar-refractivity contribution is 0.0595. The number of benzene rings is 1. The van der Waals surface area contributed by atoms with Crippen LogP contribution in [0.2, 0.25) is 0 Å². The number of nitrogens with zero attached hydrogens (tertiary/aromatic N) is 6. The Labute approximate surface area is 158 Å². The van der Waals surface area contributed by atoms with Crippen LogP contribution in [0.5, 0.6) is 0 Å². The number of piperidine rings is 1. The molecule has 1 fully saturated rings. The summed E-state index contributed by atoms with van der Waals surface area (Å²) in [6.45, 7) is 3.74. The zero-order valence-corrected chi connectivity index (χ0v) is 15.5. The van der Waals surface area contributed by atoms with Gasteiger partial charge in [-0.1, -0.05) is 0 Å². The van der Waals surface area contributed by atoms with E-state index in [0.717, 1.165) is 49.4 Å². The highest BCUT2D eigenvalue weighted by Gasteiger charge is 2.27. The van der Waals surface area contributed by atoms with Crippen LogP contribution in [0.3, 0.4) is 0 Å². The molecule has 0 unspecified atom stereocenters. The number of aromatic nitrogens is 5. The van der Waals surface area contributed by atoms with Crippen LogP contribution in [-0.2, 0) is 6.54 Å². The van der Waals surface area contributed by atoms with Gasteiger partial charge in [-0.3, -0.25) is 9.36 Å². The topological polar surface area (TPSA) is 68.8 Å². The van der Waals surface area contributed by atoms with Gasteiger partial charge in [-0.25, -0.2) is 4.98 Å². The van der Waals surface area contributed by atoms with Gasteiger partial charge in [-0.15, -0.1) is 10.2 Å². The Morgan fingerprint density at radius 1 is 1.15 bits per heavy atom. The molecule has 1 amide bonds. The lowest BCUT2D eigenvalue weighted by Crippen LogP contribution is -2.44. The summed E-state index contributed by atoms with van der Waals surface area (Å²) in [6, 6.07) is 7.94. The Morgan fingerprint density at radius 3 is 2.63 bits per heavy atom. The third-order valence-electron chi connectivity index (χ3n) is 5.35. The van der Waals surface area contributed by atoms with Crippen LogP contribution >= 0.6 is 0 Å². The van der Waals surface area contributed by atoms with Crippen molar-refractivity contribution in [3.05, 3.63) is 60.7 Å². The molecule has 2 aromatic heterocycles. The highest BCUT2D eigenvalue weighted by atomic mass is 16.2. The van der Waals surface area contributed by atoms with E-state index in [2.05, 4.69) is 24.6 Å². The molecule has 0 bridgehead atoms. The highest BCUT2D eigenvalue weighted by Crippen LogP contribution is 2.23. The molecule has 1 atom stereocenters. The van der Waals surface area contributed by atoms with Crippen molar-refractivity contribution < 1.29 is 4.79 Å². The first-order valence-corrected chi connectivity index (χ1v) is 9.46. The average Bonchev–Trinajstić information content (AvgIpc) is 3.38. The Kier molecular flexibility index (Phi) is 5.00. The summed E-state index contributed by atoms with van der Waals surface area (Å²) in [5.41, 5.74) is 1.68. The summed E-state index contributed by atoms with van der Waals surface area (Å²) >= 11 is 0. The summed E-state index contributed by atoms with van der Waals surface area (Å²) in [5, 5.41) is 7.64. The third-order valence-corrected chi connectivity index (χ3v) is 5.35. The number of carbonyl (C=O) groups excluding carboxylic acids is 1. The second-order valence-electron chi connectivity index (χ2n) is 7.02. The number of aryl methyl sites for hydroxylation is 2. The zero-order valence-electron chi connectivity index (χ0n) is 15.5. The number of hydrogen-bond acceptors (Lipinski definition) is 4. The van der Waals surface area contributed by atoms with Crippen molar-refractivity contribution in [3.8, 4) is 5.69 Å². The van der Waals surface area contributed by atoms with Crippen molar-refractivity contribution >= 4 is 5.91 Å². The van der Waals surface area contributed by atoms with E-state index in [1.165, 1.54) is 6.42 Å². The number of imidazole rings is 1. The molecule has 7 nitrogen and oxygen atoms in total. The number of hydrogen-bond donors (Lipinski definition) is 0. The molecule has 0 saturated carbocycles. The summed E-state index contributed by atoms with van der Waals surface area (Å²) < 4.78 is 3.98. The molecule has 27 heavy (non-hydrogen) atoms. The van der Waals surface area contributed by atoms with Crippen LogP contribution in [0.15, 0.2) is 49.3 Å². The maximum atomic E-state index is 13.1. The van der Waals surface area contributed by atoms with E-state index in [0.29, 0.717) is 0 Å². The Balaban J connectivity index is 1.46. The van der Waals surface area contributed by atoms with Crippen molar-refractivity contribution in [2.45, 2.75) is 45.2 Å². The quantitative estimate of drug-likeness (QED) is 0.698. The first-order chi connectivity index (χ1) is 13.2. The fraction of sp³-hybridized carbons (Fsp3) is 0.400. The Morgan fingerprint density at radius 2 is 1.93 bits per heavy atom. The van der Waals surface area contributed by atoms with Crippen LogP contribution < -0.4 is 0 Å². The van der Waals surface area contributed by atoms with Crippen molar-refractivity contribution in [1.29, 1.82) is 0 Å². The normalized spacial score (nSPS) is 17.2. The smallest absolute Gasteiger partial charge is 0.254 e. The van der Waals surface area contributed by atoms with Crippen LogP contribution in [0.1, 0.15) is 41.9 Å². The molecule has 0 radical (unpaired) electrons. The van der Waals surface area contributed by atoms with E-state index in [9.17, 15) is 4.79 Å². The fourth-order valence-electron chi connectivity index (χ4n) is 3.77. The minimum Gasteiger partial charge on any atom is -0.336 e. The van der Waals surface area contributed by atoms with Gasteiger partial charge in [-0.2, -0.15) is 0 Å². The maximum Gasteiger partial charge on any atom is 0.254 e. The van der Waals surface area contributed by atoms with Gasteiger partial charge in [0.25, 0.3) is 5.91 Å². The summed E-state index contributed by atoms with van der Waals surface area (Å²) in [4.78, 5) is 19.5. The second-order valence-corrected chi connectivity index (χ2v) is 7.02. The van der Waals surface area contributed by atoms with Gasteiger partial charge in [-0.05, 0) is 56.9 Å². The number of carbonyl (C=O) groups is 1. The van der Waals surface area contributed by atoms with E-state index in [-0.39, 0.29) is 11.9 Å². The fourth-order valence-corrected chi connectivity index (χ4v) is 3.77. The minimum atomic E-state index is 0.123. The van der Waals surface area contributed by atoms with E-state index in [1.807, 2.05) is 48.1 Å². The zero-order chi connectivity index (χ0) is 18.6. The summed E-state index contributed by atoms with van der Waals surface area (Å²) in [7, 11) is 0. The van der Waals surface area contributed by atoms with Crippen molar-refractivity contribution in [3.63, 3.8) is 0 Å². The predicted molar refractivity (Wildman–Crippen MR) is 102 cm³/mol. The molecular weight excluding hydrogens is 340 g/mol. The predicted octanol–water partition coefficient (Wildman–Crippen LogP) is 2.86. The summed E-state index contributed by atoms with van der Waals surface area (Å²) in [6.07, 6.45) is 11.4. The molecule has 0 aliphatic carbocycles. The molecule has 1 aliphatic rings. The number of amides is 1. The van der Waals surface area contributed by atoms with Gasteiger partial charge >= 0.3 is 0 Å². The number of likely N-dealkylation sites (tertiary alicyclic amines) is 1. The molecule has 3 aromatic rings. The molecule has 0 N–H and O–H groups in total. The van der Waals surface area contributed by atoms with Crippen LogP contribution in [-0.4, -0.2) is 47.7 Å². The Hall–Kier alpha value is -2.96. The summed E-state index contributed by atoms with van der Waals surface area (Å²) in [5.74, 6) is 1.14. The van der Waals surface area contributed by atoms with Gasteiger partial charge < -0.3 is 9.47 Å². The molecule has 4 rings (SSSR count). The molecular formula is C20H24N6O. The van der Waals surface area contributed by atoms with E-state index >= 15 is 0 Å². The van der Waals surface area contributed by atoms with Gasteiger partial charge in [0.15, 0.2) is 0 Å². The lowest BCUT2D eigenvalue weighted by Gasteiger charge is -2.36. The molecule has 140 valence electrons. The van der Waals surface area contributed by atoms with Gasteiger partial charge in [0.2, 0.25) is 0 Å². The van der Waals surface area contributed by atoms with Crippen LogP contribution in [0, 0.1) is 6.92 Å². The molecule has 0 spiro atoms. The minimum absolute atomic E-state index is 0.123. The van der Waals surface area contributed by atoms with Gasteiger partial charge in [0.1, 0.15) is 18.5 Å². The lowest BCUT2D eigenvalue weighted by atomic mass is 9.98. The third kappa shape index (κ3) is 3.77. The van der Waals surface area contributed by atoms with Crippen LogP contribution in [0.4, 0.5) is 0 Å². The number of rotatable bonds is 5. The van der Waals surface area contributed by atoms with Gasteiger partial charge in [0.05, 0.1) is 0 Å². The maximum absolute atomic E-state index is 13.1. The van der Waals surface area contributed by atoms with Crippen molar-refractivity contribution in [2.75, 3.05) is 6.54 Å². The molecule has 1 saturated heterocycles. The monoisotopic (exact) mass is 364 g/mol. The molecule has 3 heterocycles. The first kappa shape index (κ1) is 17.5. The molecule has 7 heteroatoms. The molecule has 1 aliphatic heterocycles. The highest BCUT2D eigenvalue weighted by molar-refractivity contribution is 5.94. The van der Waals surface area contributed by atoms with E-state index in [1.54, 1.807) is 12.7 Å². The van der Waals surface area contributed by atoms with Crippen LogP contribution in [0.25, 0.3) is 5.69 Å². The first-order valence-electron chi connectivity index (χ1n) is 9.46. The van der Waals surface area contributed by atoms with Gasteiger partial charge in [0, 0.05) is 42.8 Å². The standard InChI is InChI=1S/C20H24N6O/c1-16-21-10-13-24(16)12-9-19-4-2-3-11-26(19)20(27)17-5-7-18(8-6-17)25-14-22-23-15-25/h5-8,10,13-15,19H,2-4,9,11-12H2,1H3/t19-/m1/s1. The molecule has 1 aromatic carbocycles. The van der Waals surface area contributed by atoms with E-state index in [4.69, 9.17) is 0 Å². The SMILES string of the molecule is Cc1nccn1CC[C@H]1CCCCN1C(=O)c1ccc(-n2cnnc2)cc1. The second kappa shape index (κ2) is 7.73. The average molecular weight is 364 g/mol. The van der Waals surface area contributed by atoms with Crippen molar-refractivity contribution in [1.82, 2.24) is 29.2 Å². The largest absolute Gasteiger partial charge is 0.336 e. The van der Waals surface area contributed by atoms with Crippen molar-refractivity contribution in [2.24, 2.45) is 0 Å².